The molecule has 1 unspecified atom stereocenters. The zero-order valence-electron chi connectivity index (χ0n) is 11.9. The van der Waals surface area contributed by atoms with E-state index in [0.717, 1.165) is 16.2 Å². The van der Waals surface area contributed by atoms with Crippen LogP contribution in [0.1, 0.15) is 36.0 Å². The molecule has 0 aliphatic carbocycles. The first-order valence-corrected chi connectivity index (χ1v) is 8.66. The van der Waals surface area contributed by atoms with Crippen LogP contribution in [0.3, 0.4) is 0 Å². The molecule has 1 aromatic carbocycles. The largest absolute Gasteiger partial charge is 0.492 e. The van der Waals surface area contributed by atoms with Crippen LogP contribution in [-0.2, 0) is 5.41 Å². The number of aliphatic hydroxyl groups is 1. The molecule has 0 bridgehead atoms. The van der Waals surface area contributed by atoms with Crippen molar-refractivity contribution in [3.05, 3.63) is 51.7 Å². The minimum Gasteiger partial charge on any atom is -0.492 e. The number of ether oxygens (including phenoxy) is 1. The molecule has 1 atom stereocenters. The van der Waals surface area contributed by atoms with Crippen molar-refractivity contribution in [1.29, 1.82) is 0 Å². The summed E-state index contributed by atoms with van der Waals surface area (Å²) in [4.78, 5) is 1.01. The normalized spacial score (nSPS) is 17.7. The van der Waals surface area contributed by atoms with Crippen molar-refractivity contribution in [1.82, 2.24) is 0 Å². The van der Waals surface area contributed by atoms with Gasteiger partial charge in [-0.15, -0.1) is 22.7 Å². The Kier molecular flexibility index (Phi) is 2.89. The summed E-state index contributed by atoms with van der Waals surface area (Å²) < 4.78 is 8.21. The Labute approximate surface area is 131 Å². The number of benzene rings is 1. The molecule has 0 saturated carbocycles. The quantitative estimate of drug-likeness (QED) is 0.741. The van der Waals surface area contributed by atoms with Gasteiger partial charge in [0.1, 0.15) is 11.9 Å². The van der Waals surface area contributed by atoms with E-state index in [9.17, 15) is 5.11 Å². The van der Waals surface area contributed by atoms with Crippen molar-refractivity contribution in [3.8, 4) is 5.75 Å². The van der Waals surface area contributed by atoms with Crippen LogP contribution in [0.25, 0.3) is 9.40 Å². The Hall–Kier alpha value is -1.36. The lowest BCUT2D eigenvalue weighted by Gasteiger charge is -2.17. The predicted molar refractivity (Wildman–Crippen MR) is 88.7 cm³/mol. The van der Waals surface area contributed by atoms with E-state index in [4.69, 9.17) is 4.74 Å². The van der Waals surface area contributed by atoms with Crippen LogP contribution < -0.4 is 4.74 Å². The number of thiophene rings is 2. The zero-order valence-corrected chi connectivity index (χ0v) is 13.6. The Balaban J connectivity index is 1.75. The summed E-state index contributed by atoms with van der Waals surface area (Å²) in [5, 5.41) is 12.8. The molecule has 3 aromatic rings. The van der Waals surface area contributed by atoms with Crippen molar-refractivity contribution in [2.24, 2.45) is 0 Å². The molecule has 4 rings (SSSR count). The maximum Gasteiger partial charge on any atom is 0.123 e. The molecule has 108 valence electrons. The third-order valence-corrected chi connectivity index (χ3v) is 6.21. The first kappa shape index (κ1) is 13.3. The van der Waals surface area contributed by atoms with Gasteiger partial charge in [0.05, 0.1) is 6.61 Å². The highest BCUT2D eigenvalue weighted by molar-refractivity contribution is 7.26. The van der Waals surface area contributed by atoms with Crippen LogP contribution in [0.4, 0.5) is 0 Å². The van der Waals surface area contributed by atoms with E-state index in [1.807, 2.05) is 12.1 Å². The molecule has 0 saturated heterocycles. The van der Waals surface area contributed by atoms with Gasteiger partial charge in [-0.1, -0.05) is 19.9 Å². The summed E-state index contributed by atoms with van der Waals surface area (Å²) in [6, 6.07) is 10.3. The van der Waals surface area contributed by atoms with E-state index < -0.39 is 6.10 Å². The van der Waals surface area contributed by atoms with E-state index in [0.29, 0.717) is 6.61 Å². The van der Waals surface area contributed by atoms with Gasteiger partial charge in [-0.3, -0.25) is 0 Å². The molecule has 0 amide bonds. The second kappa shape index (κ2) is 4.57. The highest BCUT2D eigenvalue weighted by atomic mass is 32.1. The van der Waals surface area contributed by atoms with Gasteiger partial charge in [-0.05, 0) is 35.2 Å². The first-order chi connectivity index (χ1) is 10.0. The van der Waals surface area contributed by atoms with E-state index in [1.54, 1.807) is 22.7 Å². The summed E-state index contributed by atoms with van der Waals surface area (Å²) in [5.41, 5.74) is 2.15. The van der Waals surface area contributed by atoms with Crippen molar-refractivity contribution < 1.29 is 9.84 Å². The molecule has 0 spiro atoms. The fourth-order valence-electron chi connectivity index (χ4n) is 2.79. The van der Waals surface area contributed by atoms with Crippen LogP contribution in [0.5, 0.6) is 5.75 Å². The standard InChI is InChI=1S/C17H16O2S2/c1-17(2)9-19-12-4-3-10(7-11(12)17)16(18)15-8-14-13(21-15)5-6-20-14/h3-8,16,18H,9H2,1-2H3. The molecule has 21 heavy (non-hydrogen) atoms. The van der Waals surface area contributed by atoms with Crippen LogP contribution in [-0.4, -0.2) is 11.7 Å². The predicted octanol–water partition coefficient (Wildman–Crippen LogP) is 4.71. The Morgan fingerprint density at radius 3 is 2.86 bits per heavy atom. The molecular weight excluding hydrogens is 300 g/mol. The molecule has 1 N–H and O–H groups in total. The summed E-state index contributed by atoms with van der Waals surface area (Å²) >= 11 is 3.39. The third kappa shape index (κ3) is 2.09. The van der Waals surface area contributed by atoms with E-state index in [-0.39, 0.29) is 5.41 Å². The number of rotatable bonds is 2. The SMILES string of the molecule is CC1(C)COc2ccc(C(O)c3cc4sccc4s3)cc21. The summed E-state index contributed by atoms with van der Waals surface area (Å²) in [7, 11) is 0. The fourth-order valence-corrected chi connectivity index (χ4v) is 4.93. The summed E-state index contributed by atoms with van der Waals surface area (Å²) in [6.45, 7) is 5.06. The lowest BCUT2D eigenvalue weighted by Crippen LogP contribution is -2.18. The van der Waals surface area contributed by atoms with Crippen molar-refractivity contribution >= 4 is 32.1 Å². The van der Waals surface area contributed by atoms with Gasteiger partial charge < -0.3 is 9.84 Å². The van der Waals surface area contributed by atoms with E-state index in [2.05, 4.69) is 37.4 Å². The lowest BCUT2D eigenvalue weighted by molar-refractivity contribution is 0.224. The molecule has 1 aliphatic heterocycles. The van der Waals surface area contributed by atoms with Gasteiger partial charge >= 0.3 is 0 Å². The average molecular weight is 316 g/mol. The average Bonchev–Trinajstić information content (AvgIpc) is 3.11. The van der Waals surface area contributed by atoms with E-state index >= 15 is 0 Å². The zero-order chi connectivity index (χ0) is 14.6. The number of aliphatic hydroxyl groups excluding tert-OH is 1. The van der Waals surface area contributed by atoms with Crippen LogP contribution in [0.15, 0.2) is 35.7 Å². The van der Waals surface area contributed by atoms with Gasteiger partial charge in [0, 0.05) is 25.3 Å². The highest BCUT2D eigenvalue weighted by Gasteiger charge is 2.32. The topological polar surface area (TPSA) is 29.5 Å². The summed E-state index contributed by atoms with van der Waals surface area (Å²) in [5.74, 6) is 0.947. The smallest absolute Gasteiger partial charge is 0.123 e. The van der Waals surface area contributed by atoms with Crippen molar-refractivity contribution in [3.63, 3.8) is 0 Å². The Morgan fingerprint density at radius 1 is 1.19 bits per heavy atom. The molecule has 0 fully saturated rings. The molecule has 2 nitrogen and oxygen atoms in total. The van der Waals surface area contributed by atoms with Crippen LogP contribution >= 0.6 is 22.7 Å². The minimum atomic E-state index is -0.559. The highest BCUT2D eigenvalue weighted by Crippen LogP contribution is 2.41. The molecule has 3 heterocycles. The van der Waals surface area contributed by atoms with Crippen LogP contribution in [0, 0.1) is 0 Å². The van der Waals surface area contributed by atoms with Crippen molar-refractivity contribution in [2.45, 2.75) is 25.4 Å². The lowest BCUT2D eigenvalue weighted by atomic mass is 9.85. The third-order valence-electron chi connectivity index (χ3n) is 4.06. The van der Waals surface area contributed by atoms with Crippen molar-refractivity contribution in [2.75, 3.05) is 6.61 Å². The maximum absolute atomic E-state index is 10.7. The second-order valence-corrected chi connectivity index (χ2v) is 8.19. The monoisotopic (exact) mass is 316 g/mol. The molecule has 4 heteroatoms. The van der Waals surface area contributed by atoms with E-state index in [1.165, 1.54) is 15.0 Å². The van der Waals surface area contributed by atoms with Gasteiger partial charge in [0.25, 0.3) is 0 Å². The van der Waals surface area contributed by atoms with Gasteiger partial charge in [0.2, 0.25) is 0 Å². The maximum atomic E-state index is 10.7. The minimum absolute atomic E-state index is 0.0147. The first-order valence-electron chi connectivity index (χ1n) is 6.97. The summed E-state index contributed by atoms with van der Waals surface area (Å²) in [6.07, 6.45) is -0.559. The van der Waals surface area contributed by atoms with Crippen LogP contribution in [0.2, 0.25) is 0 Å². The number of hydrogen-bond acceptors (Lipinski definition) is 4. The van der Waals surface area contributed by atoms with Gasteiger partial charge in [-0.25, -0.2) is 0 Å². The Bertz CT molecular complexity index is 785. The molecule has 2 aromatic heterocycles. The van der Waals surface area contributed by atoms with Gasteiger partial charge in [-0.2, -0.15) is 0 Å². The fraction of sp³-hybridized carbons (Fsp3) is 0.294. The Morgan fingerprint density at radius 2 is 2.05 bits per heavy atom. The number of fused-ring (bicyclic) bond motifs is 2. The number of hydrogen-bond donors (Lipinski definition) is 1. The molecule has 1 aliphatic rings. The second-order valence-electron chi connectivity index (χ2n) is 6.13. The molecule has 0 radical (unpaired) electrons. The van der Waals surface area contributed by atoms with Gasteiger partial charge in [0.15, 0.2) is 0 Å². The molecular formula is C17H16O2S2.